The molecule has 0 heterocycles. The average molecular weight is 515 g/mol. The number of aryl methyl sites for hydroxylation is 1. The summed E-state index contributed by atoms with van der Waals surface area (Å²) >= 11 is 0. The van der Waals surface area contributed by atoms with Gasteiger partial charge in [0, 0.05) is 12.0 Å². The number of nitrogen functional groups attached to an aromatic ring is 1. The molecule has 0 spiro atoms. The van der Waals surface area contributed by atoms with Crippen LogP contribution in [0.1, 0.15) is 30.4 Å². The highest BCUT2D eigenvalue weighted by molar-refractivity contribution is 7.89. The van der Waals surface area contributed by atoms with E-state index in [-0.39, 0.29) is 12.3 Å². The van der Waals surface area contributed by atoms with Crippen molar-refractivity contribution < 1.29 is 36.3 Å². The maximum absolute atomic E-state index is 13.8. The Bertz CT molecular complexity index is 1160. The van der Waals surface area contributed by atoms with Crippen molar-refractivity contribution in [3.05, 3.63) is 65.7 Å². The number of hydrogen-bond acceptors (Lipinski definition) is 5. The third kappa shape index (κ3) is 7.26. The highest BCUT2D eigenvalue weighted by atomic mass is 32.2. The Morgan fingerprint density at radius 2 is 1.60 bits per heavy atom. The molecule has 0 radical (unpaired) electrons. The molecule has 0 aliphatic carbocycles. The van der Waals surface area contributed by atoms with E-state index in [1.165, 1.54) is 22.9 Å². The highest BCUT2D eigenvalue weighted by Gasteiger charge is 2.63. The Morgan fingerprint density at radius 3 is 2.11 bits per heavy atom. The third-order valence-corrected chi connectivity index (χ3v) is 6.66. The van der Waals surface area contributed by atoms with Crippen LogP contribution in [0, 0.1) is 5.41 Å². The number of carboxylic acid groups (broad SMARTS) is 1. The number of alkyl halides is 3. The normalized spacial score (nSPS) is 13.6. The number of carbonyl (C=O) groups excluding carboxylic acids is 1. The molecule has 0 bridgehead atoms. The molecule has 0 fully saturated rings. The van der Waals surface area contributed by atoms with E-state index in [9.17, 15) is 36.3 Å². The molecule has 6 N–H and O–H groups in total. The number of amidine groups is 1. The number of rotatable bonds is 12. The highest BCUT2D eigenvalue weighted by Crippen LogP contribution is 2.32. The van der Waals surface area contributed by atoms with Gasteiger partial charge in [0.05, 0.1) is 11.4 Å². The van der Waals surface area contributed by atoms with Gasteiger partial charge in [-0.25, -0.2) is 13.2 Å². The monoisotopic (exact) mass is 514 g/mol. The smallest absolute Gasteiger partial charge is 0.420 e. The first kappa shape index (κ1) is 27.8. The zero-order chi connectivity index (χ0) is 26.3. The predicted octanol–water partition coefficient (Wildman–Crippen LogP) is 2.16. The minimum Gasteiger partial charge on any atom is -0.480 e. The van der Waals surface area contributed by atoms with Crippen LogP contribution < -0.4 is 15.8 Å². The van der Waals surface area contributed by atoms with Crippen LogP contribution in [-0.4, -0.2) is 49.5 Å². The molecule has 9 nitrogen and oxygen atoms in total. The maximum atomic E-state index is 13.8. The number of carboxylic acids is 1. The van der Waals surface area contributed by atoms with Crippen LogP contribution in [0.15, 0.2) is 59.5 Å². The van der Waals surface area contributed by atoms with E-state index in [1.54, 1.807) is 24.3 Å². The van der Waals surface area contributed by atoms with Crippen LogP contribution in [0.2, 0.25) is 0 Å². The second kappa shape index (κ2) is 11.3. The summed E-state index contributed by atoms with van der Waals surface area (Å²) in [7, 11) is -4.88. The minimum absolute atomic E-state index is 0.0735. The van der Waals surface area contributed by atoms with Gasteiger partial charge in [-0.05, 0) is 37.0 Å². The lowest BCUT2D eigenvalue weighted by atomic mass is 10.0. The summed E-state index contributed by atoms with van der Waals surface area (Å²) in [6, 6.07) is 12.9. The molecule has 13 heteroatoms. The summed E-state index contributed by atoms with van der Waals surface area (Å²) < 4.78 is 67.6. The summed E-state index contributed by atoms with van der Waals surface area (Å²) in [6.07, 6.45) is -4.38. The summed E-state index contributed by atoms with van der Waals surface area (Å²) in [5.41, 5.74) is 2.89. The molecule has 0 saturated heterocycles. The van der Waals surface area contributed by atoms with Gasteiger partial charge in [0.25, 0.3) is 0 Å². The number of unbranched alkanes of at least 4 members (excludes halogenated alkanes) is 1. The van der Waals surface area contributed by atoms with Crippen LogP contribution in [0.5, 0.6) is 0 Å². The van der Waals surface area contributed by atoms with Gasteiger partial charge in [-0.15, -0.1) is 0 Å². The zero-order valence-electron chi connectivity index (χ0n) is 18.4. The number of nitrogens with two attached hydrogens (primary N) is 1. The van der Waals surface area contributed by atoms with Crippen molar-refractivity contribution in [2.45, 2.75) is 42.3 Å². The van der Waals surface area contributed by atoms with Crippen LogP contribution >= 0.6 is 0 Å². The van der Waals surface area contributed by atoms with Gasteiger partial charge in [-0.2, -0.15) is 17.9 Å². The van der Waals surface area contributed by atoms with Crippen LogP contribution in [0.25, 0.3) is 0 Å². The molecule has 2 rings (SSSR count). The molecule has 0 saturated carbocycles. The van der Waals surface area contributed by atoms with E-state index >= 15 is 0 Å². The number of sulfonamides is 1. The first-order chi connectivity index (χ1) is 16.3. The third-order valence-electron chi connectivity index (χ3n) is 5.15. The first-order valence-corrected chi connectivity index (χ1v) is 11.9. The van der Waals surface area contributed by atoms with E-state index < -0.39 is 45.1 Å². The van der Waals surface area contributed by atoms with E-state index in [4.69, 9.17) is 11.1 Å². The molecule has 35 heavy (non-hydrogen) atoms. The molecule has 2 aromatic rings. The minimum atomic E-state index is -5.56. The zero-order valence-corrected chi connectivity index (χ0v) is 19.2. The number of nitrogens with one attached hydrogen (secondary N) is 3. The van der Waals surface area contributed by atoms with E-state index in [0.717, 1.165) is 17.7 Å². The quantitative estimate of drug-likeness (QED) is 0.166. The predicted molar refractivity (Wildman–Crippen MR) is 121 cm³/mol. The number of hydrogen-bond donors (Lipinski definition) is 5. The molecule has 0 unspecified atom stereocenters. The molecule has 0 aromatic heterocycles. The summed E-state index contributed by atoms with van der Waals surface area (Å²) in [6.45, 7) is -1.52. The van der Waals surface area contributed by atoms with Crippen LogP contribution in [0.3, 0.4) is 0 Å². The van der Waals surface area contributed by atoms with E-state index in [2.05, 4.69) is 0 Å². The molecular formula is C22H25F3N4O5S. The Labute approximate surface area is 200 Å². The Kier molecular flexibility index (Phi) is 8.99. The first-order valence-electron chi connectivity index (χ1n) is 10.4. The maximum Gasteiger partial charge on any atom is 0.420 e. The molecule has 190 valence electrons. The van der Waals surface area contributed by atoms with E-state index in [1.807, 2.05) is 5.32 Å². The Morgan fingerprint density at radius 1 is 1.00 bits per heavy atom. The van der Waals surface area contributed by atoms with Crippen LogP contribution in [-0.2, 0) is 26.0 Å². The van der Waals surface area contributed by atoms with Gasteiger partial charge in [0.15, 0.2) is 0 Å². The number of aliphatic carboxylic acids is 1. The van der Waals surface area contributed by atoms with Crippen molar-refractivity contribution in [2.24, 2.45) is 5.73 Å². The summed E-state index contributed by atoms with van der Waals surface area (Å²) in [4.78, 5) is 23.2. The average Bonchev–Trinajstić information content (AvgIpc) is 2.79. The SMILES string of the molecule is N=C(N)c1ccc(CCCCC(=O)NC[C@](NS(=O)(=O)c2ccccc2)(C(=O)O)C(F)(F)F)cc1. The molecule has 0 aliphatic heterocycles. The number of carbonyl (C=O) groups is 2. The van der Waals surface area contributed by atoms with Gasteiger partial charge in [0.1, 0.15) is 5.84 Å². The molecule has 1 amide bonds. The topological polar surface area (TPSA) is 162 Å². The van der Waals surface area contributed by atoms with E-state index in [0.29, 0.717) is 24.8 Å². The molecular weight excluding hydrogens is 489 g/mol. The summed E-state index contributed by atoms with van der Waals surface area (Å²) in [5, 5.41) is 18.6. The standard InChI is InChI=1S/C22H25F3N4O5S/c23-22(24,25)21(20(31)32,29-35(33,34)17-7-2-1-3-8-17)14-28-18(30)9-5-4-6-15-10-12-16(13-11-15)19(26)27/h1-3,7-8,10-13,29H,4-6,9,14H2,(H3,26,27)(H,28,30)(H,31,32)/t21-/m0/s1. The van der Waals surface area contributed by atoms with Crippen molar-refractivity contribution in [2.75, 3.05) is 6.54 Å². The second-order valence-electron chi connectivity index (χ2n) is 7.72. The fourth-order valence-electron chi connectivity index (χ4n) is 3.11. The lowest BCUT2D eigenvalue weighted by Crippen LogP contribution is -2.68. The fourth-order valence-corrected chi connectivity index (χ4v) is 4.48. The largest absolute Gasteiger partial charge is 0.480 e. The fraction of sp³-hybridized carbons (Fsp3) is 0.318. The molecule has 1 atom stereocenters. The molecule has 0 aliphatic rings. The van der Waals surface area contributed by atoms with Crippen molar-refractivity contribution >= 4 is 27.7 Å². The van der Waals surface area contributed by atoms with Crippen molar-refractivity contribution in [3.8, 4) is 0 Å². The van der Waals surface area contributed by atoms with Gasteiger partial charge < -0.3 is 16.2 Å². The van der Waals surface area contributed by atoms with Gasteiger partial charge in [0.2, 0.25) is 21.5 Å². The van der Waals surface area contributed by atoms with Crippen molar-refractivity contribution in [3.63, 3.8) is 0 Å². The van der Waals surface area contributed by atoms with Gasteiger partial charge in [-0.3, -0.25) is 10.2 Å². The second-order valence-corrected chi connectivity index (χ2v) is 9.40. The van der Waals surface area contributed by atoms with Gasteiger partial charge >= 0.3 is 12.1 Å². The van der Waals surface area contributed by atoms with Crippen LogP contribution in [0.4, 0.5) is 13.2 Å². The number of amides is 1. The Hall–Kier alpha value is -3.45. The van der Waals surface area contributed by atoms with Crippen molar-refractivity contribution in [1.82, 2.24) is 10.0 Å². The lowest BCUT2D eigenvalue weighted by molar-refractivity contribution is -0.204. The number of halogens is 3. The Balaban J connectivity index is 2.01. The summed E-state index contributed by atoms with van der Waals surface area (Å²) in [5.74, 6) is -3.43. The number of benzene rings is 2. The molecule has 2 aromatic carbocycles. The van der Waals surface area contributed by atoms with Crippen molar-refractivity contribution in [1.29, 1.82) is 5.41 Å². The lowest BCUT2D eigenvalue weighted by Gasteiger charge is -2.32. The van der Waals surface area contributed by atoms with Gasteiger partial charge in [-0.1, -0.05) is 42.5 Å².